The summed E-state index contributed by atoms with van der Waals surface area (Å²) in [5.41, 5.74) is 2.45. The van der Waals surface area contributed by atoms with Crippen molar-refractivity contribution in [2.75, 3.05) is 5.32 Å². The lowest BCUT2D eigenvalue weighted by Crippen LogP contribution is -2.27. The zero-order valence-corrected chi connectivity index (χ0v) is 20.0. The van der Waals surface area contributed by atoms with Crippen molar-refractivity contribution in [3.63, 3.8) is 0 Å². The zero-order chi connectivity index (χ0) is 24.4. The van der Waals surface area contributed by atoms with Gasteiger partial charge in [-0.05, 0) is 66.9 Å². The third-order valence-electron chi connectivity index (χ3n) is 5.66. The SMILES string of the molecule is CC(C)(C)OC(=O)Nc1ccc(Oc2c3ccccc3c(-c3ccccc3)c3ccccc23)cc1. The average molecular weight is 462 g/mol. The Morgan fingerprint density at radius 2 is 1.17 bits per heavy atom. The maximum absolute atomic E-state index is 12.1. The Balaban J connectivity index is 1.55. The van der Waals surface area contributed by atoms with Crippen LogP contribution in [0, 0.1) is 0 Å². The molecule has 4 heteroatoms. The van der Waals surface area contributed by atoms with Crippen LogP contribution in [0.2, 0.25) is 0 Å². The summed E-state index contributed by atoms with van der Waals surface area (Å²) in [5.74, 6) is 1.49. The Bertz CT molecular complexity index is 1440. The van der Waals surface area contributed by atoms with E-state index in [1.165, 1.54) is 11.1 Å². The first kappa shape index (κ1) is 22.5. The number of nitrogens with one attached hydrogen (secondary N) is 1. The molecular formula is C31H27NO3. The van der Waals surface area contributed by atoms with Crippen molar-refractivity contribution >= 4 is 33.3 Å². The van der Waals surface area contributed by atoms with Gasteiger partial charge in [-0.25, -0.2) is 4.79 Å². The highest BCUT2D eigenvalue weighted by Crippen LogP contribution is 2.44. The standard InChI is InChI=1S/C31H27NO3/c1-31(2,3)35-30(33)32-22-17-19-23(20-18-22)34-29-26-15-9-7-13-24(26)28(21-11-5-4-6-12-21)25-14-8-10-16-27(25)29/h4-20H,1-3H3,(H,32,33). The predicted octanol–water partition coefficient (Wildman–Crippen LogP) is 8.80. The van der Waals surface area contributed by atoms with Gasteiger partial charge in [0.25, 0.3) is 0 Å². The molecule has 5 aromatic carbocycles. The molecule has 0 radical (unpaired) electrons. The molecule has 5 aromatic rings. The largest absolute Gasteiger partial charge is 0.456 e. The van der Waals surface area contributed by atoms with Gasteiger partial charge in [-0.15, -0.1) is 0 Å². The molecule has 0 aliphatic heterocycles. The fraction of sp³-hybridized carbons (Fsp3) is 0.129. The van der Waals surface area contributed by atoms with Gasteiger partial charge in [0.2, 0.25) is 0 Å². The maximum Gasteiger partial charge on any atom is 0.412 e. The molecule has 0 unspecified atom stereocenters. The summed E-state index contributed by atoms with van der Waals surface area (Å²) in [5, 5.41) is 7.11. The Hall–Kier alpha value is -4.31. The van der Waals surface area contributed by atoms with Crippen LogP contribution >= 0.6 is 0 Å². The Labute approximate surface area is 205 Å². The minimum absolute atomic E-state index is 0.486. The van der Waals surface area contributed by atoms with Crippen LogP contribution in [-0.2, 0) is 4.74 Å². The van der Waals surface area contributed by atoms with E-state index in [2.05, 4.69) is 66.0 Å². The molecule has 174 valence electrons. The van der Waals surface area contributed by atoms with Crippen LogP contribution in [0.15, 0.2) is 103 Å². The number of carbonyl (C=O) groups excluding carboxylic acids is 1. The molecule has 35 heavy (non-hydrogen) atoms. The molecule has 0 fully saturated rings. The van der Waals surface area contributed by atoms with Crippen molar-refractivity contribution < 1.29 is 14.3 Å². The summed E-state index contributed by atoms with van der Waals surface area (Å²) in [4.78, 5) is 12.1. The molecule has 5 rings (SSSR count). The van der Waals surface area contributed by atoms with Gasteiger partial charge in [-0.3, -0.25) is 5.32 Å². The Morgan fingerprint density at radius 1 is 0.657 bits per heavy atom. The van der Waals surface area contributed by atoms with Crippen LogP contribution in [0.5, 0.6) is 11.5 Å². The van der Waals surface area contributed by atoms with E-state index in [1.807, 2.05) is 63.2 Å². The van der Waals surface area contributed by atoms with Crippen LogP contribution in [-0.4, -0.2) is 11.7 Å². The van der Waals surface area contributed by atoms with Crippen LogP contribution in [0.4, 0.5) is 10.5 Å². The number of carbonyl (C=O) groups is 1. The molecule has 0 bridgehead atoms. The molecule has 0 saturated carbocycles. The second-order valence-electron chi connectivity index (χ2n) is 9.41. The van der Waals surface area contributed by atoms with Crippen molar-refractivity contribution in [3.05, 3.63) is 103 Å². The van der Waals surface area contributed by atoms with Crippen LogP contribution in [0.1, 0.15) is 20.8 Å². The normalized spacial score (nSPS) is 11.4. The summed E-state index contributed by atoms with van der Waals surface area (Å²) in [7, 11) is 0. The van der Waals surface area contributed by atoms with E-state index in [0.717, 1.165) is 27.3 Å². The number of rotatable bonds is 4. The van der Waals surface area contributed by atoms with Gasteiger partial charge in [0.15, 0.2) is 0 Å². The minimum Gasteiger partial charge on any atom is -0.456 e. The molecule has 4 nitrogen and oxygen atoms in total. The van der Waals surface area contributed by atoms with E-state index in [0.29, 0.717) is 11.4 Å². The topological polar surface area (TPSA) is 47.6 Å². The Kier molecular flexibility index (Phi) is 5.87. The van der Waals surface area contributed by atoms with E-state index < -0.39 is 11.7 Å². The van der Waals surface area contributed by atoms with Gasteiger partial charge in [0.1, 0.15) is 17.1 Å². The summed E-state index contributed by atoms with van der Waals surface area (Å²) in [6, 6.07) is 34.4. The first-order valence-electron chi connectivity index (χ1n) is 11.7. The van der Waals surface area contributed by atoms with Crippen molar-refractivity contribution in [1.82, 2.24) is 0 Å². The number of amides is 1. The smallest absolute Gasteiger partial charge is 0.412 e. The van der Waals surface area contributed by atoms with Crippen molar-refractivity contribution in [2.45, 2.75) is 26.4 Å². The fourth-order valence-electron chi connectivity index (χ4n) is 4.26. The summed E-state index contributed by atoms with van der Waals surface area (Å²) < 4.78 is 11.8. The number of benzene rings is 5. The fourth-order valence-corrected chi connectivity index (χ4v) is 4.26. The predicted molar refractivity (Wildman–Crippen MR) is 143 cm³/mol. The molecule has 1 N–H and O–H groups in total. The van der Waals surface area contributed by atoms with Crippen LogP contribution < -0.4 is 10.1 Å². The molecule has 0 heterocycles. The highest BCUT2D eigenvalue weighted by molar-refractivity contribution is 6.17. The molecule has 1 amide bonds. The number of hydrogen-bond acceptors (Lipinski definition) is 3. The van der Waals surface area contributed by atoms with E-state index >= 15 is 0 Å². The van der Waals surface area contributed by atoms with E-state index in [4.69, 9.17) is 9.47 Å². The molecule has 0 aliphatic rings. The minimum atomic E-state index is -0.554. The molecule has 0 aliphatic carbocycles. The van der Waals surface area contributed by atoms with Gasteiger partial charge in [0.05, 0.1) is 0 Å². The van der Waals surface area contributed by atoms with Gasteiger partial charge < -0.3 is 9.47 Å². The molecule has 0 aromatic heterocycles. The van der Waals surface area contributed by atoms with Gasteiger partial charge in [-0.2, -0.15) is 0 Å². The van der Waals surface area contributed by atoms with Crippen molar-refractivity contribution in [1.29, 1.82) is 0 Å². The van der Waals surface area contributed by atoms with Gasteiger partial charge in [0, 0.05) is 16.5 Å². The van der Waals surface area contributed by atoms with Gasteiger partial charge >= 0.3 is 6.09 Å². The van der Waals surface area contributed by atoms with E-state index in [1.54, 1.807) is 0 Å². The molecule has 0 spiro atoms. The number of ether oxygens (including phenoxy) is 2. The zero-order valence-electron chi connectivity index (χ0n) is 20.0. The third kappa shape index (κ3) is 4.82. The second kappa shape index (κ2) is 9.15. The molecular weight excluding hydrogens is 434 g/mol. The second-order valence-corrected chi connectivity index (χ2v) is 9.41. The van der Waals surface area contributed by atoms with Gasteiger partial charge in [-0.1, -0.05) is 78.9 Å². The number of fused-ring (bicyclic) bond motifs is 2. The third-order valence-corrected chi connectivity index (χ3v) is 5.66. The highest BCUT2D eigenvalue weighted by atomic mass is 16.6. The molecule has 0 atom stereocenters. The van der Waals surface area contributed by atoms with Crippen molar-refractivity contribution in [3.8, 4) is 22.6 Å². The average Bonchev–Trinajstić information content (AvgIpc) is 2.84. The van der Waals surface area contributed by atoms with E-state index in [9.17, 15) is 4.79 Å². The monoisotopic (exact) mass is 461 g/mol. The van der Waals surface area contributed by atoms with E-state index in [-0.39, 0.29) is 0 Å². The summed E-state index contributed by atoms with van der Waals surface area (Å²) >= 11 is 0. The van der Waals surface area contributed by atoms with Crippen molar-refractivity contribution in [2.24, 2.45) is 0 Å². The lowest BCUT2D eigenvalue weighted by molar-refractivity contribution is 0.0636. The lowest BCUT2D eigenvalue weighted by atomic mass is 9.91. The lowest BCUT2D eigenvalue weighted by Gasteiger charge is -2.20. The number of anilines is 1. The maximum atomic E-state index is 12.1. The van der Waals surface area contributed by atoms with Crippen LogP contribution in [0.25, 0.3) is 32.7 Å². The Morgan fingerprint density at radius 3 is 1.71 bits per heavy atom. The summed E-state index contributed by atoms with van der Waals surface area (Å²) in [6.45, 7) is 5.50. The summed E-state index contributed by atoms with van der Waals surface area (Å²) in [6.07, 6.45) is -0.486. The quantitative estimate of drug-likeness (QED) is 0.272. The highest BCUT2D eigenvalue weighted by Gasteiger charge is 2.18. The first-order chi connectivity index (χ1) is 16.9. The molecule has 0 saturated heterocycles. The number of hydrogen-bond donors (Lipinski definition) is 1. The van der Waals surface area contributed by atoms with Crippen LogP contribution in [0.3, 0.4) is 0 Å². The first-order valence-corrected chi connectivity index (χ1v) is 11.7.